The Morgan fingerprint density at radius 2 is 2.25 bits per heavy atom. The summed E-state index contributed by atoms with van der Waals surface area (Å²) in [5, 5.41) is 0. The highest BCUT2D eigenvalue weighted by molar-refractivity contribution is 7.89. The van der Waals surface area contributed by atoms with E-state index >= 15 is 0 Å². The lowest BCUT2D eigenvalue weighted by molar-refractivity contribution is 0.563. The van der Waals surface area contributed by atoms with Crippen molar-refractivity contribution < 1.29 is 8.42 Å². The minimum absolute atomic E-state index is 0.0317. The number of hydrogen-bond acceptors (Lipinski definition) is 2. The summed E-state index contributed by atoms with van der Waals surface area (Å²) < 4.78 is 24.6. The van der Waals surface area contributed by atoms with Crippen LogP contribution in [0.2, 0.25) is 0 Å². The molecule has 0 rings (SSSR count). The Morgan fingerprint density at radius 1 is 1.67 bits per heavy atom. The largest absolute Gasteiger partial charge is 0.213 e. The normalized spacial score (nSPS) is 14.2. The first-order valence-corrected chi connectivity index (χ1v) is 5.87. The van der Waals surface area contributed by atoms with Gasteiger partial charge in [-0.2, -0.15) is 0 Å². The van der Waals surface area contributed by atoms with Crippen molar-refractivity contribution in [3.63, 3.8) is 0 Å². The van der Waals surface area contributed by atoms with Gasteiger partial charge in [0, 0.05) is 11.9 Å². The van der Waals surface area contributed by atoms with E-state index < -0.39 is 10.0 Å². The summed E-state index contributed by atoms with van der Waals surface area (Å²) in [4.78, 5) is 0. The van der Waals surface area contributed by atoms with Gasteiger partial charge in [0.15, 0.2) is 0 Å². The molecule has 0 saturated heterocycles. The summed E-state index contributed by atoms with van der Waals surface area (Å²) in [6.45, 7) is 5.30. The van der Waals surface area contributed by atoms with Crippen LogP contribution in [-0.2, 0) is 10.0 Å². The van der Waals surface area contributed by atoms with Gasteiger partial charge >= 0.3 is 0 Å². The van der Waals surface area contributed by atoms with Gasteiger partial charge in [0.25, 0.3) is 0 Å². The maximum absolute atomic E-state index is 11.1. The molecule has 5 heteroatoms. The summed E-state index contributed by atoms with van der Waals surface area (Å²) in [6, 6.07) is -0.101. The predicted octanol–water partition coefficient (Wildman–Crippen LogP) is 1.11. The molecule has 1 unspecified atom stereocenters. The summed E-state index contributed by atoms with van der Waals surface area (Å²) >= 11 is 5.31. The van der Waals surface area contributed by atoms with Gasteiger partial charge in [0.2, 0.25) is 10.0 Å². The second-order valence-electron chi connectivity index (χ2n) is 2.55. The fraction of sp³-hybridized carbons (Fsp3) is 0.714. The van der Waals surface area contributed by atoms with E-state index in [2.05, 4.69) is 11.3 Å². The van der Waals surface area contributed by atoms with Crippen LogP contribution in [0.4, 0.5) is 0 Å². The van der Waals surface area contributed by atoms with Gasteiger partial charge in [-0.15, -0.1) is 18.2 Å². The monoisotopic (exact) mass is 211 g/mol. The van der Waals surface area contributed by atoms with Gasteiger partial charge in [-0.3, -0.25) is 0 Å². The minimum atomic E-state index is -3.18. The molecule has 12 heavy (non-hydrogen) atoms. The van der Waals surface area contributed by atoms with Gasteiger partial charge in [-0.1, -0.05) is 6.08 Å². The summed E-state index contributed by atoms with van der Waals surface area (Å²) in [6.07, 6.45) is 2.30. The van der Waals surface area contributed by atoms with Crippen LogP contribution in [0.1, 0.15) is 13.3 Å². The molecule has 0 aromatic rings. The number of sulfonamides is 1. The standard InChI is InChI=1S/C7H14ClNO2S/c1-3-4-7(2)9-12(10,11)6-5-8/h3,7,9H,1,4-6H2,2H3. The van der Waals surface area contributed by atoms with Crippen molar-refractivity contribution in [3.8, 4) is 0 Å². The van der Waals surface area contributed by atoms with E-state index in [1.807, 2.05) is 0 Å². The van der Waals surface area contributed by atoms with Crippen molar-refractivity contribution in [1.82, 2.24) is 4.72 Å². The van der Waals surface area contributed by atoms with Crippen LogP contribution in [0.15, 0.2) is 12.7 Å². The zero-order valence-corrected chi connectivity index (χ0v) is 8.66. The number of hydrogen-bond donors (Lipinski definition) is 1. The smallest absolute Gasteiger partial charge is 0.212 e. The summed E-state index contributed by atoms with van der Waals surface area (Å²) in [5.74, 6) is 0.0895. The van der Waals surface area contributed by atoms with Gasteiger partial charge in [0.1, 0.15) is 0 Å². The minimum Gasteiger partial charge on any atom is -0.212 e. The summed E-state index contributed by atoms with van der Waals surface area (Å²) in [5.41, 5.74) is 0. The fourth-order valence-electron chi connectivity index (χ4n) is 0.765. The molecule has 0 heterocycles. The van der Waals surface area contributed by atoms with Crippen molar-refractivity contribution in [3.05, 3.63) is 12.7 Å². The van der Waals surface area contributed by atoms with Crippen molar-refractivity contribution >= 4 is 21.6 Å². The number of alkyl halides is 1. The third-order valence-electron chi connectivity index (χ3n) is 1.25. The Balaban J connectivity index is 3.96. The van der Waals surface area contributed by atoms with E-state index in [1.54, 1.807) is 13.0 Å². The second kappa shape index (κ2) is 5.56. The first-order valence-electron chi connectivity index (χ1n) is 3.68. The Morgan fingerprint density at radius 3 is 2.67 bits per heavy atom. The third kappa shape index (κ3) is 5.57. The molecule has 0 fully saturated rings. The van der Waals surface area contributed by atoms with Crippen LogP contribution in [0.5, 0.6) is 0 Å². The lowest BCUT2D eigenvalue weighted by atomic mass is 10.3. The van der Waals surface area contributed by atoms with Crippen LogP contribution >= 0.6 is 11.6 Å². The quantitative estimate of drug-likeness (QED) is 0.529. The highest BCUT2D eigenvalue weighted by atomic mass is 35.5. The van der Waals surface area contributed by atoms with E-state index in [-0.39, 0.29) is 17.7 Å². The number of halogens is 1. The topological polar surface area (TPSA) is 46.2 Å². The lowest BCUT2D eigenvalue weighted by Crippen LogP contribution is -2.34. The molecule has 0 aliphatic heterocycles. The molecule has 0 aliphatic rings. The molecular formula is C7H14ClNO2S. The van der Waals surface area contributed by atoms with E-state index in [1.165, 1.54) is 0 Å². The number of nitrogens with one attached hydrogen (secondary N) is 1. The first-order chi connectivity index (χ1) is 5.52. The average Bonchev–Trinajstić information content (AvgIpc) is 1.85. The molecular weight excluding hydrogens is 198 g/mol. The molecule has 0 aromatic heterocycles. The third-order valence-corrected chi connectivity index (χ3v) is 3.16. The molecule has 0 amide bonds. The van der Waals surface area contributed by atoms with Crippen LogP contribution in [-0.4, -0.2) is 26.1 Å². The lowest BCUT2D eigenvalue weighted by Gasteiger charge is -2.10. The van der Waals surface area contributed by atoms with Crippen molar-refractivity contribution in [2.24, 2.45) is 0 Å². The SMILES string of the molecule is C=CCC(C)NS(=O)(=O)CCCl. The highest BCUT2D eigenvalue weighted by Gasteiger charge is 2.11. The molecule has 72 valence electrons. The molecule has 1 atom stereocenters. The maximum Gasteiger partial charge on any atom is 0.213 e. The Kier molecular flexibility index (Phi) is 5.53. The van der Waals surface area contributed by atoms with Gasteiger partial charge in [-0.05, 0) is 13.3 Å². The highest BCUT2D eigenvalue weighted by Crippen LogP contribution is 1.95. The zero-order valence-electron chi connectivity index (χ0n) is 7.09. The molecule has 0 radical (unpaired) electrons. The van der Waals surface area contributed by atoms with Crippen LogP contribution in [0, 0.1) is 0 Å². The van der Waals surface area contributed by atoms with E-state index in [9.17, 15) is 8.42 Å². The molecule has 0 aromatic carbocycles. The maximum atomic E-state index is 11.1. The molecule has 0 spiro atoms. The van der Waals surface area contributed by atoms with Crippen LogP contribution in [0.25, 0.3) is 0 Å². The Bertz CT molecular complexity index is 226. The summed E-state index contributed by atoms with van der Waals surface area (Å²) in [7, 11) is -3.18. The van der Waals surface area contributed by atoms with Crippen molar-refractivity contribution in [2.45, 2.75) is 19.4 Å². The van der Waals surface area contributed by atoms with E-state index in [4.69, 9.17) is 11.6 Å². The van der Waals surface area contributed by atoms with Crippen LogP contribution in [0.3, 0.4) is 0 Å². The molecule has 0 saturated carbocycles. The molecule has 1 N–H and O–H groups in total. The van der Waals surface area contributed by atoms with Crippen LogP contribution < -0.4 is 4.72 Å². The molecule has 0 aliphatic carbocycles. The van der Waals surface area contributed by atoms with E-state index in [0.717, 1.165) is 0 Å². The molecule has 0 bridgehead atoms. The fourth-order valence-corrected chi connectivity index (χ4v) is 2.40. The van der Waals surface area contributed by atoms with Crippen molar-refractivity contribution in [1.29, 1.82) is 0 Å². The van der Waals surface area contributed by atoms with Gasteiger partial charge in [-0.25, -0.2) is 13.1 Å². The first kappa shape index (κ1) is 11.9. The molecule has 3 nitrogen and oxygen atoms in total. The Labute approximate surface area is 78.9 Å². The zero-order chi connectivity index (χ0) is 9.61. The Hall–Kier alpha value is -0.0600. The van der Waals surface area contributed by atoms with Gasteiger partial charge in [0.05, 0.1) is 5.75 Å². The second-order valence-corrected chi connectivity index (χ2v) is 4.80. The predicted molar refractivity (Wildman–Crippen MR) is 51.9 cm³/mol. The van der Waals surface area contributed by atoms with Gasteiger partial charge < -0.3 is 0 Å². The van der Waals surface area contributed by atoms with E-state index in [0.29, 0.717) is 6.42 Å². The van der Waals surface area contributed by atoms with Crippen molar-refractivity contribution in [2.75, 3.05) is 11.6 Å². The average molecular weight is 212 g/mol. The number of rotatable bonds is 6.